The predicted octanol–water partition coefficient (Wildman–Crippen LogP) is 3.94. The number of pyridine rings is 1. The molecule has 10 heteroatoms. The number of hydrogen-bond acceptors (Lipinski definition) is 5. The summed E-state index contributed by atoms with van der Waals surface area (Å²) >= 11 is 6.12. The average Bonchev–Trinajstić information content (AvgIpc) is 3.22. The molecule has 0 bridgehead atoms. The first-order chi connectivity index (χ1) is 15.6. The number of hydrogen-bond donors (Lipinski definition) is 0. The van der Waals surface area contributed by atoms with Gasteiger partial charge in [0.05, 0.1) is 22.2 Å². The molecule has 0 unspecified atom stereocenters. The van der Waals surface area contributed by atoms with Crippen LogP contribution in [-0.4, -0.2) is 64.5 Å². The molecule has 3 aromatic rings. The molecule has 0 aliphatic carbocycles. The van der Waals surface area contributed by atoms with E-state index in [0.29, 0.717) is 29.7 Å². The van der Waals surface area contributed by atoms with Gasteiger partial charge in [-0.15, -0.1) is 0 Å². The standard InChI is InChI=1S/C23H28ClN5O3S/c1-15(2)20-13-17(18-14-25-29(16(3)4)22(18)26-20)23(30)27-9-11-28(12-10-27)33(31,32)21-8-6-5-7-19(21)24/h5-8,13-16H,9-12H2,1-4H3. The number of carbonyl (C=O) groups is 1. The molecule has 33 heavy (non-hydrogen) atoms. The number of rotatable bonds is 5. The zero-order chi connectivity index (χ0) is 23.9. The van der Waals surface area contributed by atoms with E-state index in [1.807, 2.05) is 38.4 Å². The van der Waals surface area contributed by atoms with Crippen molar-refractivity contribution in [2.75, 3.05) is 26.2 Å². The molecule has 1 saturated heterocycles. The lowest BCUT2D eigenvalue weighted by Crippen LogP contribution is -2.50. The normalized spacial score (nSPS) is 15.7. The topological polar surface area (TPSA) is 88.4 Å². The van der Waals surface area contributed by atoms with Crippen LogP contribution in [0.25, 0.3) is 11.0 Å². The first-order valence-electron chi connectivity index (χ1n) is 11.0. The summed E-state index contributed by atoms with van der Waals surface area (Å²) in [6.07, 6.45) is 1.69. The molecular formula is C23H28ClN5O3S. The monoisotopic (exact) mass is 489 g/mol. The quantitative estimate of drug-likeness (QED) is 0.541. The van der Waals surface area contributed by atoms with Gasteiger partial charge in [-0.2, -0.15) is 9.40 Å². The second kappa shape index (κ2) is 9.04. The second-order valence-corrected chi connectivity index (χ2v) is 11.1. The highest BCUT2D eigenvalue weighted by Gasteiger charge is 2.32. The number of benzene rings is 1. The van der Waals surface area contributed by atoms with E-state index in [9.17, 15) is 13.2 Å². The van der Waals surface area contributed by atoms with Crippen molar-refractivity contribution < 1.29 is 13.2 Å². The third kappa shape index (κ3) is 4.37. The van der Waals surface area contributed by atoms with Crippen molar-refractivity contribution in [2.45, 2.75) is 44.6 Å². The van der Waals surface area contributed by atoms with Gasteiger partial charge in [-0.3, -0.25) is 4.79 Å². The van der Waals surface area contributed by atoms with Gasteiger partial charge in [0.2, 0.25) is 10.0 Å². The molecule has 8 nitrogen and oxygen atoms in total. The van der Waals surface area contributed by atoms with E-state index in [0.717, 1.165) is 5.69 Å². The molecule has 1 amide bonds. The minimum Gasteiger partial charge on any atom is -0.336 e. The van der Waals surface area contributed by atoms with E-state index in [2.05, 4.69) is 5.10 Å². The van der Waals surface area contributed by atoms with Gasteiger partial charge in [0, 0.05) is 37.9 Å². The van der Waals surface area contributed by atoms with Gasteiger partial charge < -0.3 is 4.90 Å². The maximum absolute atomic E-state index is 13.5. The SMILES string of the molecule is CC(C)c1cc(C(=O)N2CCN(S(=O)(=O)c3ccccc3Cl)CC2)c2cnn(C(C)C)c2n1. The zero-order valence-electron chi connectivity index (χ0n) is 19.2. The Morgan fingerprint density at radius 3 is 2.33 bits per heavy atom. The summed E-state index contributed by atoms with van der Waals surface area (Å²) in [5.74, 6) is 0.0106. The molecule has 0 spiro atoms. The Hall–Kier alpha value is -2.49. The summed E-state index contributed by atoms with van der Waals surface area (Å²) in [5, 5.41) is 5.36. The number of piperazine rings is 1. The lowest BCUT2D eigenvalue weighted by molar-refractivity contribution is 0.0699. The smallest absolute Gasteiger partial charge is 0.254 e. The minimum absolute atomic E-state index is 0.0879. The van der Waals surface area contributed by atoms with Gasteiger partial charge in [0.1, 0.15) is 4.90 Å². The number of sulfonamides is 1. The number of carbonyl (C=O) groups excluding carboxylic acids is 1. The molecule has 0 atom stereocenters. The lowest BCUT2D eigenvalue weighted by Gasteiger charge is -2.34. The van der Waals surface area contributed by atoms with Crippen LogP contribution in [0.5, 0.6) is 0 Å². The summed E-state index contributed by atoms with van der Waals surface area (Å²) in [6.45, 7) is 9.12. The third-order valence-electron chi connectivity index (χ3n) is 5.88. The van der Waals surface area contributed by atoms with Crippen LogP contribution in [0.2, 0.25) is 5.02 Å². The highest BCUT2D eigenvalue weighted by molar-refractivity contribution is 7.89. The maximum Gasteiger partial charge on any atom is 0.254 e. The van der Waals surface area contributed by atoms with Crippen LogP contribution < -0.4 is 0 Å². The average molecular weight is 490 g/mol. The number of amides is 1. The Balaban J connectivity index is 1.60. The van der Waals surface area contributed by atoms with Crippen LogP contribution in [0.3, 0.4) is 0 Å². The molecule has 0 saturated carbocycles. The fourth-order valence-electron chi connectivity index (χ4n) is 3.98. The van der Waals surface area contributed by atoms with E-state index in [-0.39, 0.29) is 40.9 Å². The molecular weight excluding hydrogens is 462 g/mol. The van der Waals surface area contributed by atoms with Crippen molar-refractivity contribution in [3.05, 3.63) is 52.8 Å². The summed E-state index contributed by atoms with van der Waals surface area (Å²) in [4.78, 5) is 20.1. The third-order valence-corrected chi connectivity index (χ3v) is 8.28. The Kier molecular flexibility index (Phi) is 6.48. The van der Waals surface area contributed by atoms with Gasteiger partial charge in [0.15, 0.2) is 5.65 Å². The van der Waals surface area contributed by atoms with Crippen LogP contribution in [0.15, 0.2) is 41.4 Å². The highest BCUT2D eigenvalue weighted by Crippen LogP contribution is 2.28. The zero-order valence-corrected chi connectivity index (χ0v) is 20.8. The predicted molar refractivity (Wildman–Crippen MR) is 128 cm³/mol. The molecule has 3 heterocycles. The first-order valence-corrected chi connectivity index (χ1v) is 12.8. The molecule has 1 aliphatic rings. The van der Waals surface area contributed by atoms with Crippen LogP contribution in [0, 0.1) is 0 Å². The Morgan fingerprint density at radius 2 is 1.73 bits per heavy atom. The Bertz CT molecular complexity index is 1290. The van der Waals surface area contributed by atoms with E-state index < -0.39 is 10.0 Å². The number of halogens is 1. The van der Waals surface area contributed by atoms with Gasteiger partial charge >= 0.3 is 0 Å². The van der Waals surface area contributed by atoms with Crippen LogP contribution in [-0.2, 0) is 10.0 Å². The van der Waals surface area contributed by atoms with E-state index in [4.69, 9.17) is 16.6 Å². The fourth-order valence-corrected chi connectivity index (χ4v) is 5.90. The maximum atomic E-state index is 13.5. The van der Waals surface area contributed by atoms with Gasteiger partial charge in [-0.25, -0.2) is 18.1 Å². The summed E-state index contributed by atoms with van der Waals surface area (Å²) in [6, 6.07) is 8.36. The van der Waals surface area contributed by atoms with Gasteiger partial charge in [-0.1, -0.05) is 37.6 Å². The summed E-state index contributed by atoms with van der Waals surface area (Å²) in [5.41, 5.74) is 2.07. The van der Waals surface area contributed by atoms with Crippen molar-refractivity contribution in [3.63, 3.8) is 0 Å². The molecule has 176 valence electrons. The van der Waals surface area contributed by atoms with Crippen molar-refractivity contribution in [3.8, 4) is 0 Å². The first kappa shape index (κ1) is 23.7. The number of nitrogens with zero attached hydrogens (tertiary/aromatic N) is 5. The van der Waals surface area contributed by atoms with Gasteiger partial charge in [-0.05, 0) is 38.0 Å². The van der Waals surface area contributed by atoms with E-state index in [1.165, 1.54) is 10.4 Å². The van der Waals surface area contributed by atoms with E-state index >= 15 is 0 Å². The Labute approximate surface area is 199 Å². The van der Waals surface area contributed by atoms with Gasteiger partial charge in [0.25, 0.3) is 5.91 Å². The minimum atomic E-state index is -3.73. The molecule has 4 rings (SSSR count). The second-order valence-electron chi connectivity index (χ2n) is 8.80. The largest absolute Gasteiger partial charge is 0.336 e. The van der Waals surface area contributed by atoms with Crippen LogP contribution in [0.4, 0.5) is 0 Å². The van der Waals surface area contributed by atoms with Crippen molar-refractivity contribution >= 4 is 38.6 Å². The van der Waals surface area contributed by atoms with Crippen molar-refractivity contribution in [1.29, 1.82) is 0 Å². The highest BCUT2D eigenvalue weighted by atomic mass is 35.5. The molecule has 0 N–H and O–H groups in total. The van der Waals surface area contributed by atoms with Crippen LogP contribution in [0.1, 0.15) is 55.7 Å². The van der Waals surface area contributed by atoms with Crippen molar-refractivity contribution in [1.82, 2.24) is 24.0 Å². The molecule has 2 aromatic heterocycles. The van der Waals surface area contributed by atoms with E-state index in [1.54, 1.807) is 29.3 Å². The fraction of sp³-hybridized carbons (Fsp3) is 0.435. The lowest BCUT2D eigenvalue weighted by atomic mass is 10.0. The molecule has 1 fully saturated rings. The number of fused-ring (bicyclic) bond motifs is 1. The molecule has 1 aliphatic heterocycles. The number of aromatic nitrogens is 3. The molecule has 1 aromatic carbocycles. The summed E-state index contributed by atoms with van der Waals surface area (Å²) < 4.78 is 29.3. The van der Waals surface area contributed by atoms with Crippen molar-refractivity contribution in [2.24, 2.45) is 0 Å². The Morgan fingerprint density at radius 1 is 1.06 bits per heavy atom. The molecule has 0 radical (unpaired) electrons. The van der Waals surface area contributed by atoms with Crippen LogP contribution >= 0.6 is 11.6 Å². The summed E-state index contributed by atoms with van der Waals surface area (Å²) in [7, 11) is -3.73.